The number of aryl methyl sites for hydroxylation is 1. The first-order valence-electron chi connectivity index (χ1n) is 9.24. The van der Waals surface area contributed by atoms with E-state index in [1.54, 1.807) is 12.4 Å². The maximum absolute atomic E-state index is 13.0. The highest BCUT2D eigenvalue weighted by atomic mass is 19.1. The van der Waals surface area contributed by atoms with E-state index in [-0.39, 0.29) is 24.6 Å². The van der Waals surface area contributed by atoms with Gasteiger partial charge >= 0.3 is 0 Å². The number of ether oxygens (including phenoxy) is 1. The minimum atomic E-state index is -0.333. The summed E-state index contributed by atoms with van der Waals surface area (Å²) in [5.41, 5.74) is 3.12. The van der Waals surface area contributed by atoms with Gasteiger partial charge in [0, 0.05) is 23.5 Å². The van der Waals surface area contributed by atoms with Crippen molar-refractivity contribution in [3.63, 3.8) is 0 Å². The highest BCUT2D eigenvalue weighted by Gasteiger charge is 2.17. The predicted molar refractivity (Wildman–Crippen MR) is 107 cm³/mol. The quantitative estimate of drug-likeness (QED) is 0.546. The number of aliphatic hydroxyl groups is 1. The van der Waals surface area contributed by atoms with E-state index < -0.39 is 0 Å². The lowest BCUT2D eigenvalue weighted by molar-refractivity contribution is 0.283. The maximum Gasteiger partial charge on any atom is 0.277 e. The molecule has 29 heavy (non-hydrogen) atoms. The lowest BCUT2D eigenvalue weighted by Crippen LogP contribution is -2.24. The predicted octanol–water partition coefficient (Wildman–Crippen LogP) is 3.18. The second-order valence-corrected chi connectivity index (χ2v) is 6.74. The number of fused-ring (bicyclic) bond motifs is 1. The van der Waals surface area contributed by atoms with E-state index in [2.05, 4.69) is 5.10 Å². The molecule has 2 heterocycles. The van der Waals surface area contributed by atoms with E-state index in [1.165, 1.54) is 33.3 Å². The number of aliphatic hydroxyl groups excluding tert-OH is 1. The Labute approximate surface area is 166 Å². The molecular formula is C22H20FN3O3. The Kier molecular flexibility index (Phi) is 5.14. The van der Waals surface area contributed by atoms with Gasteiger partial charge in [0.15, 0.2) is 0 Å². The standard InChI is InChI=1S/C22H20FN3O3/c1-15-2-4-16(5-3-15)20-19(14-27)21-22(28)25(10-11-26(21)24-20)12-13-29-18-8-6-17(23)7-9-18/h2-11,27H,12-14H2,1H3. The summed E-state index contributed by atoms with van der Waals surface area (Å²) in [6.07, 6.45) is 3.32. The van der Waals surface area contributed by atoms with E-state index >= 15 is 0 Å². The van der Waals surface area contributed by atoms with Crippen LogP contribution in [0.3, 0.4) is 0 Å². The first-order valence-corrected chi connectivity index (χ1v) is 9.24. The summed E-state index contributed by atoms with van der Waals surface area (Å²) in [5, 5.41) is 14.4. The minimum Gasteiger partial charge on any atom is -0.492 e. The van der Waals surface area contributed by atoms with Gasteiger partial charge in [-0.3, -0.25) is 4.79 Å². The minimum absolute atomic E-state index is 0.245. The van der Waals surface area contributed by atoms with Crippen LogP contribution in [0.15, 0.2) is 65.7 Å². The van der Waals surface area contributed by atoms with Crippen molar-refractivity contribution in [3.05, 3.63) is 88.2 Å². The van der Waals surface area contributed by atoms with Crippen LogP contribution in [-0.2, 0) is 13.2 Å². The van der Waals surface area contributed by atoms with Crippen molar-refractivity contribution in [2.24, 2.45) is 0 Å². The van der Waals surface area contributed by atoms with E-state index in [9.17, 15) is 14.3 Å². The lowest BCUT2D eigenvalue weighted by atomic mass is 10.1. The van der Waals surface area contributed by atoms with Gasteiger partial charge in [0.2, 0.25) is 0 Å². The van der Waals surface area contributed by atoms with Crippen molar-refractivity contribution in [3.8, 4) is 17.0 Å². The zero-order valence-corrected chi connectivity index (χ0v) is 15.9. The second kappa shape index (κ2) is 7.89. The molecule has 0 atom stereocenters. The van der Waals surface area contributed by atoms with Gasteiger partial charge < -0.3 is 14.4 Å². The molecule has 7 heteroatoms. The van der Waals surface area contributed by atoms with Crippen molar-refractivity contribution in [2.45, 2.75) is 20.1 Å². The summed E-state index contributed by atoms with van der Waals surface area (Å²) in [4.78, 5) is 13.0. The van der Waals surface area contributed by atoms with E-state index in [4.69, 9.17) is 4.74 Å². The van der Waals surface area contributed by atoms with Gasteiger partial charge in [-0.1, -0.05) is 29.8 Å². The Morgan fingerprint density at radius 2 is 1.79 bits per heavy atom. The highest BCUT2D eigenvalue weighted by molar-refractivity contribution is 5.72. The highest BCUT2D eigenvalue weighted by Crippen LogP contribution is 2.25. The van der Waals surface area contributed by atoms with E-state index in [0.29, 0.717) is 29.1 Å². The van der Waals surface area contributed by atoms with Crippen LogP contribution in [0.2, 0.25) is 0 Å². The van der Waals surface area contributed by atoms with Crippen LogP contribution >= 0.6 is 0 Å². The topological polar surface area (TPSA) is 68.8 Å². The third-order valence-electron chi connectivity index (χ3n) is 4.76. The van der Waals surface area contributed by atoms with Gasteiger partial charge in [-0.25, -0.2) is 8.91 Å². The zero-order chi connectivity index (χ0) is 20.4. The maximum atomic E-state index is 13.0. The molecule has 0 spiro atoms. The fraction of sp³-hybridized carbons (Fsp3) is 0.182. The van der Waals surface area contributed by atoms with Gasteiger partial charge in [-0.2, -0.15) is 5.10 Å². The molecule has 2 aromatic heterocycles. The summed E-state index contributed by atoms with van der Waals surface area (Å²) in [6.45, 7) is 2.25. The van der Waals surface area contributed by atoms with Crippen LogP contribution in [0.1, 0.15) is 11.1 Å². The Balaban J connectivity index is 1.63. The van der Waals surface area contributed by atoms with Crippen LogP contribution in [0.5, 0.6) is 5.75 Å². The van der Waals surface area contributed by atoms with Gasteiger partial charge in [-0.15, -0.1) is 0 Å². The third kappa shape index (κ3) is 3.77. The van der Waals surface area contributed by atoms with Crippen LogP contribution in [-0.4, -0.2) is 25.9 Å². The molecule has 148 valence electrons. The van der Waals surface area contributed by atoms with Crippen molar-refractivity contribution in [1.82, 2.24) is 14.2 Å². The molecule has 0 saturated heterocycles. The Morgan fingerprint density at radius 3 is 2.48 bits per heavy atom. The van der Waals surface area contributed by atoms with Gasteiger partial charge in [0.05, 0.1) is 18.8 Å². The van der Waals surface area contributed by atoms with Crippen molar-refractivity contribution >= 4 is 5.52 Å². The second-order valence-electron chi connectivity index (χ2n) is 6.74. The van der Waals surface area contributed by atoms with Crippen molar-refractivity contribution < 1.29 is 14.2 Å². The number of halogens is 1. The first-order chi connectivity index (χ1) is 14.1. The number of hydrogen-bond acceptors (Lipinski definition) is 4. The summed E-state index contributed by atoms with van der Waals surface area (Å²) >= 11 is 0. The van der Waals surface area contributed by atoms with Crippen LogP contribution in [0.25, 0.3) is 16.8 Å². The molecule has 6 nitrogen and oxygen atoms in total. The zero-order valence-electron chi connectivity index (χ0n) is 15.9. The molecule has 0 unspecified atom stereocenters. The average Bonchev–Trinajstić information content (AvgIpc) is 3.11. The number of nitrogens with zero attached hydrogens (tertiary/aromatic N) is 3. The van der Waals surface area contributed by atoms with Crippen LogP contribution in [0, 0.1) is 12.7 Å². The fourth-order valence-electron chi connectivity index (χ4n) is 3.21. The Hall–Kier alpha value is -3.45. The normalized spacial score (nSPS) is 11.1. The molecule has 1 N–H and O–H groups in total. The molecular weight excluding hydrogens is 373 g/mol. The number of hydrogen-bond donors (Lipinski definition) is 1. The Bertz CT molecular complexity index is 1200. The SMILES string of the molecule is Cc1ccc(-c2nn3ccn(CCOc4ccc(F)cc4)c(=O)c3c2CO)cc1. The average molecular weight is 393 g/mol. The largest absolute Gasteiger partial charge is 0.492 e. The molecule has 0 fully saturated rings. The molecule has 0 aliphatic heterocycles. The summed E-state index contributed by atoms with van der Waals surface area (Å²) < 4.78 is 21.6. The van der Waals surface area contributed by atoms with Gasteiger partial charge in [0.25, 0.3) is 5.56 Å². The van der Waals surface area contributed by atoms with Gasteiger partial charge in [0.1, 0.15) is 23.7 Å². The lowest BCUT2D eigenvalue weighted by Gasteiger charge is -2.09. The van der Waals surface area contributed by atoms with E-state index in [0.717, 1.165) is 11.1 Å². The smallest absolute Gasteiger partial charge is 0.277 e. The monoisotopic (exact) mass is 393 g/mol. The molecule has 0 saturated carbocycles. The number of aromatic nitrogens is 3. The molecule has 0 radical (unpaired) electrons. The molecule has 4 aromatic rings. The van der Waals surface area contributed by atoms with Crippen molar-refractivity contribution in [2.75, 3.05) is 6.61 Å². The van der Waals surface area contributed by atoms with E-state index in [1.807, 2.05) is 31.2 Å². The van der Waals surface area contributed by atoms with Crippen LogP contribution in [0.4, 0.5) is 4.39 Å². The first kappa shape index (κ1) is 18.9. The molecule has 0 aliphatic rings. The molecule has 0 amide bonds. The molecule has 4 rings (SSSR count). The summed E-state index contributed by atoms with van der Waals surface area (Å²) in [6, 6.07) is 13.5. The third-order valence-corrected chi connectivity index (χ3v) is 4.76. The summed E-state index contributed by atoms with van der Waals surface area (Å²) in [5.74, 6) is 0.197. The van der Waals surface area contributed by atoms with Gasteiger partial charge in [-0.05, 0) is 31.2 Å². The van der Waals surface area contributed by atoms with Crippen LogP contribution < -0.4 is 10.3 Å². The fourth-order valence-corrected chi connectivity index (χ4v) is 3.21. The Morgan fingerprint density at radius 1 is 1.07 bits per heavy atom. The summed E-state index contributed by atoms with van der Waals surface area (Å²) in [7, 11) is 0. The van der Waals surface area contributed by atoms with Crippen molar-refractivity contribution in [1.29, 1.82) is 0 Å². The molecule has 2 aromatic carbocycles. The number of rotatable bonds is 6. The molecule has 0 bridgehead atoms. The number of benzene rings is 2. The molecule has 0 aliphatic carbocycles.